The second-order valence-corrected chi connectivity index (χ2v) is 5.99. The summed E-state index contributed by atoms with van der Waals surface area (Å²) in [6.45, 7) is 1.90. The number of carbonyl (C=O) groups excluding carboxylic acids is 1. The number of halogens is 1. The standard InChI is InChI=1S/C16H22ClNO3/c1-11(8-9-19)18-16(20)14-10-12(17)6-7-15(14)21-13-4-2-3-5-13/h6-7,10-11,13,19H,2-5,8-9H2,1H3,(H,18,20). The Morgan fingerprint density at radius 1 is 1.48 bits per heavy atom. The van der Waals surface area contributed by atoms with Gasteiger partial charge in [-0.3, -0.25) is 4.79 Å². The van der Waals surface area contributed by atoms with Gasteiger partial charge in [-0.1, -0.05) is 11.6 Å². The first-order valence-electron chi connectivity index (χ1n) is 7.48. The first kappa shape index (κ1) is 16.1. The number of carbonyl (C=O) groups is 1. The van der Waals surface area contributed by atoms with Crippen molar-refractivity contribution in [2.24, 2.45) is 0 Å². The van der Waals surface area contributed by atoms with E-state index in [9.17, 15) is 4.79 Å². The van der Waals surface area contributed by atoms with Gasteiger partial charge in [0.25, 0.3) is 5.91 Å². The number of hydrogen-bond donors (Lipinski definition) is 2. The highest BCUT2D eigenvalue weighted by molar-refractivity contribution is 6.31. The zero-order valence-corrected chi connectivity index (χ0v) is 13.0. The fourth-order valence-corrected chi connectivity index (χ4v) is 2.71. The summed E-state index contributed by atoms with van der Waals surface area (Å²) in [5, 5.41) is 12.3. The Kier molecular flexibility index (Phi) is 5.88. The Hall–Kier alpha value is -1.26. The molecule has 1 unspecified atom stereocenters. The fraction of sp³-hybridized carbons (Fsp3) is 0.562. The van der Waals surface area contributed by atoms with Crippen LogP contribution in [0.3, 0.4) is 0 Å². The van der Waals surface area contributed by atoms with Gasteiger partial charge in [-0.05, 0) is 57.2 Å². The van der Waals surface area contributed by atoms with E-state index in [1.165, 1.54) is 12.8 Å². The van der Waals surface area contributed by atoms with Crippen molar-refractivity contribution < 1.29 is 14.6 Å². The summed E-state index contributed by atoms with van der Waals surface area (Å²) < 4.78 is 5.96. The van der Waals surface area contributed by atoms with E-state index in [-0.39, 0.29) is 24.7 Å². The molecule has 0 radical (unpaired) electrons. The van der Waals surface area contributed by atoms with Crippen molar-refractivity contribution in [1.29, 1.82) is 0 Å². The van der Waals surface area contributed by atoms with Crippen LogP contribution in [-0.4, -0.2) is 29.8 Å². The van der Waals surface area contributed by atoms with E-state index in [0.717, 1.165) is 12.8 Å². The van der Waals surface area contributed by atoms with Crippen molar-refractivity contribution in [3.8, 4) is 5.75 Å². The number of aliphatic hydroxyl groups excluding tert-OH is 1. The third-order valence-corrected chi connectivity index (χ3v) is 3.96. The first-order chi connectivity index (χ1) is 10.1. The van der Waals surface area contributed by atoms with Crippen LogP contribution >= 0.6 is 11.6 Å². The molecule has 1 aliphatic rings. The molecule has 1 saturated carbocycles. The Balaban J connectivity index is 2.11. The van der Waals surface area contributed by atoms with E-state index in [0.29, 0.717) is 22.8 Å². The van der Waals surface area contributed by atoms with Gasteiger partial charge >= 0.3 is 0 Å². The van der Waals surface area contributed by atoms with E-state index in [2.05, 4.69) is 5.32 Å². The minimum atomic E-state index is -0.216. The topological polar surface area (TPSA) is 58.6 Å². The summed E-state index contributed by atoms with van der Waals surface area (Å²) in [4.78, 5) is 12.3. The molecular weight excluding hydrogens is 290 g/mol. The van der Waals surface area contributed by atoms with E-state index in [4.69, 9.17) is 21.4 Å². The van der Waals surface area contributed by atoms with E-state index < -0.39 is 0 Å². The molecule has 1 atom stereocenters. The Bertz CT molecular complexity index is 486. The summed E-state index contributed by atoms with van der Waals surface area (Å²) in [5.41, 5.74) is 0.458. The number of nitrogens with one attached hydrogen (secondary N) is 1. The van der Waals surface area contributed by atoms with Gasteiger partial charge in [0.05, 0.1) is 11.7 Å². The van der Waals surface area contributed by atoms with Crippen LogP contribution < -0.4 is 10.1 Å². The molecular formula is C16H22ClNO3. The van der Waals surface area contributed by atoms with Crippen LogP contribution in [0.5, 0.6) is 5.75 Å². The number of hydrogen-bond acceptors (Lipinski definition) is 3. The molecule has 21 heavy (non-hydrogen) atoms. The summed E-state index contributed by atoms with van der Waals surface area (Å²) in [6, 6.07) is 5.03. The molecule has 0 aromatic heterocycles. The largest absolute Gasteiger partial charge is 0.490 e. The molecule has 0 saturated heterocycles. The predicted molar refractivity (Wildman–Crippen MR) is 83.0 cm³/mol. The van der Waals surface area contributed by atoms with Gasteiger partial charge in [0.1, 0.15) is 5.75 Å². The second kappa shape index (κ2) is 7.66. The van der Waals surface area contributed by atoms with Crippen LogP contribution in [0.2, 0.25) is 5.02 Å². The molecule has 0 aliphatic heterocycles. The molecule has 1 amide bonds. The average molecular weight is 312 g/mol. The Morgan fingerprint density at radius 3 is 2.86 bits per heavy atom. The summed E-state index contributed by atoms with van der Waals surface area (Å²) >= 11 is 6.00. The molecule has 4 nitrogen and oxygen atoms in total. The lowest BCUT2D eigenvalue weighted by molar-refractivity contribution is 0.0927. The van der Waals surface area contributed by atoms with Crippen molar-refractivity contribution in [1.82, 2.24) is 5.32 Å². The summed E-state index contributed by atoms with van der Waals surface area (Å²) in [7, 11) is 0. The molecule has 1 aliphatic carbocycles. The third-order valence-electron chi connectivity index (χ3n) is 3.72. The molecule has 5 heteroatoms. The van der Waals surface area contributed by atoms with E-state index >= 15 is 0 Å². The van der Waals surface area contributed by atoms with Crippen LogP contribution in [0.4, 0.5) is 0 Å². The average Bonchev–Trinajstić information content (AvgIpc) is 2.94. The maximum Gasteiger partial charge on any atom is 0.255 e. The van der Waals surface area contributed by atoms with Crippen molar-refractivity contribution in [3.63, 3.8) is 0 Å². The van der Waals surface area contributed by atoms with Gasteiger partial charge in [0, 0.05) is 17.7 Å². The van der Waals surface area contributed by atoms with Gasteiger partial charge in [0.2, 0.25) is 0 Å². The van der Waals surface area contributed by atoms with Crippen molar-refractivity contribution in [2.75, 3.05) is 6.61 Å². The van der Waals surface area contributed by atoms with Gasteiger partial charge in [-0.2, -0.15) is 0 Å². The molecule has 0 bridgehead atoms. The van der Waals surface area contributed by atoms with E-state index in [1.54, 1.807) is 18.2 Å². The van der Waals surface area contributed by atoms with Crippen molar-refractivity contribution in [2.45, 2.75) is 51.2 Å². The van der Waals surface area contributed by atoms with Gasteiger partial charge in [0.15, 0.2) is 0 Å². The van der Waals surface area contributed by atoms with Gasteiger partial charge in [-0.25, -0.2) is 0 Å². The summed E-state index contributed by atoms with van der Waals surface area (Å²) in [5.74, 6) is 0.367. The molecule has 116 valence electrons. The highest BCUT2D eigenvalue weighted by Gasteiger charge is 2.21. The van der Waals surface area contributed by atoms with Crippen LogP contribution in [-0.2, 0) is 0 Å². The highest BCUT2D eigenvalue weighted by atomic mass is 35.5. The maximum absolute atomic E-state index is 12.3. The van der Waals surface area contributed by atoms with Crippen LogP contribution in [0.1, 0.15) is 49.4 Å². The van der Waals surface area contributed by atoms with Crippen LogP contribution in [0.25, 0.3) is 0 Å². The van der Waals surface area contributed by atoms with E-state index in [1.807, 2.05) is 6.92 Å². The quantitative estimate of drug-likeness (QED) is 0.848. The maximum atomic E-state index is 12.3. The van der Waals surface area contributed by atoms with Gasteiger partial charge < -0.3 is 15.2 Å². The molecule has 0 spiro atoms. The molecule has 1 fully saturated rings. The molecule has 2 rings (SSSR count). The van der Waals surface area contributed by atoms with Crippen molar-refractivity contribution in [3.05, 3.63) is 28.8 Å². The highest BCUT2D eigenvalue weighted by Crippen LogP contribution is 2.28. The Labute approximate surface area is 130 Å². The lowest BCUT2D eigenvalue weighted by atomic mass is 10.1. The minimum Gasteiger partial charge on any atom is -0.490 e. The number of aliphatic hydroxyl groups is 1. The normalized spacial score (nSPS) is 16.7. The molecule has 2 N–H and O–H groups in total. The van der Waals surface area contributed by atoms with Crippen LogP contribution in [0, 0.1) is 0 Å². The first-order valence-corrected chi connectivity index (χ1v) is 7.86. The number of rotatable bonds is 6. The number of ether oxygens (including phenoxy) is 1. The van der Waals surface area contributed by atoms with Crippen molar-refractivity contribution >= 4 is 17.5 Å². The number of benzene rings is 1. The van der Waals surface area contributed by atoms with Crippen LogP contribution in [0.15, 0.2) is 18.2 Å². The zero-order valence-electron chi connectivity index (χ0n) is 12.3. The molecule has 0 heterocycles. The predicted octanol–water partition coefficient (Wildman–Crippen LogP) is 3.16. The minimum absolute atomic E-state index is 0.0441. The molecule has 1 aromatic carbocycles. The lowest BCUT2D eigenvalue weighted by Crippen LogP contribution is -2.33. The third kappa shape index (κ3) is 4.61. The summed E-state index contributed by atoms with van der Waals surface area (Å²) in [6.07, 6.45) is 5.12. The Morgan fingerprint density at radius 2 is 2.19 bits per heavy atom. The smallest absolute Gasteiger partial charge is 0.255 e. The monoisotopic (exact) mass is 311 g/mol. The second-order valence-electron chi connectivity index (χ2n) is 5.55. The lowest BCUT2D eigenvalue weighted by Gasteiger charge is -2.18. The SMILES string of the molecule is CC(CCO)NC(=O)c1cc(Cl)ccc1OC1CCCC1. The zero-order chi connectivity index (χ0) is 15.2. The van der Waals surface area contributed by atoms with Gasteiger partial charge in [-0.15, -0.1) is 0 Å². The molecule has 1 aromatic rings. The number of amides is 1. The fourth-order valence-electron chi connectivity index (χ4n) is 2.54.